The molecule has 2 aromatic carbocycles. The van der Waals surface area contributed by atoms with Gasteiger partial charge in [-0.1, -0.05) is 24.3 Å². The summed E-state index contributed by atoms with van der Waals surface area (Å²) >= 11 is 0. The first kappa shape index (κ1) is 18.2. The summed E-state index contributed by atoms with van der Waals surface area (Å²) in [5.74, 6) is 0.304. The van der Waals surface area contributed by atoms with Crippen LogP contribution in [0.5, 0.6) is 5.75 Å². The van der Waals surface area contributed by atoms with Crippen molar-refractivity contribution in [3.63, 3.8) is 0 Å². The number of anilines is 1. The van der Waals surface area contributed by atoms with E-state index in [1.165, 1.54) is 0 Å². The molecule has 0 radical (unpaired) electrons. The fraction of sp³-hybridized carbons (Fsp3) is 0.318. The SMILES string of the molecule is COc1cccc(CNC(=O)CN2C(=O)C3CCCC3=Nc3ccccc32)c1. The highest BCUT2D eigenvalue weighted by Gasteiger charge is 2.36. The molecule has 1 unspecified atom stereocenters. The van der Waals surface area contributed by atoms with Gasteiger partial charge in [0, 0.05) is 12.3 Å². The van der Waals surface area contributed by atoms with Crippen LogP contribution in [0.3, 0.4) is 0 Å². The topological polar surface area (TPSA) is 71.0 Å². The zero-order chi connectivity index (χ0) is 19.5. The molecule has 1 atom stereocenters. The molecule has 6 heteroatoms. The Kier molecular flexibility index (Phi) is 5.10. The van der Waals surface area contributed by atoms with Gasteiger partial charge in [-0.2, -0.15) is 0 Å². The Labute approximate surface area is 164 Å². The number of carbonyl (C=O) groups is 2. The molecule has 1 N–H and O–H groups in total. The molecular weight excluding hydrogens is 354 g/mol. The van der Waals surface area contributed by atoms with Crippen molar-refractivity contribution in [2.24, 2.45) is 10.9 Å². The number of hydrogen-bond donors (Lipinski definition) is 1. The van der Waals surface area contributed by atoms with Crippen LogP contribution in [0.1, 0.15) is 24.8 Å². The Bertz CT molecular complexity index is 938. The van der Waals surface area contributed by atoms with E-state index in [1.54, 1.807) is 12.0 Å². The maximum Gasteiger partial charge on any atom is 0.240 e. The quantitative estimate of drug-likeness (QED) is 0.870. The second-order valence-corrected chi connectivity index (χ2v) is 7.09. The number of para-hydroxylation sites is 2. The second-order valence-electron chi connectivity index (χ2n) is 7.09. The molecule has 28 heavy (non-hydrogen) atoms. The number of fused-ring (bicyclic) bond motifs is 2. The van der Waals surface area contributed by atoms with Crippen LogP contribution in [0.25, 0.3) is 0 Å². The van der Waals surface area contributed by atoms with Crippen LogP contribution >= 0.6 is 0 Å². The molecule has 1 aliphatic carbocycles. The lowest BCUT2D eigenvalue weighted by Crippen LogP contribution is -2.43. The van der Waals surface area contributed by atoms with E-state index in [1.807, 2.05) is 48.5 Å². The van der Waals surface area contributed by atoms with E-state index in [9.17, 15) is 9.59 Å². The van der Waals surface area contributed by atoms with E-state index in [2.05, 4.69) is 5.32 Å². The minimum atomic E-state index is -0.210. The summed E-state index contributed by atoms with van der Waals surface area (Å²) in [5, 5.41) is 2.90. The lowest BCUT2D eigenvalue weighted by Gasteiger charge is -2.24. The average molecular weight is 377 g/mol. The van der Waals surface area contributed by atoms with Crippen LogP contribution in [0.2, 0.25) is 0 Å². The van der Waals surface area contributed by atoms with Gasteiger partial charge in [-0.05, 0) is 49.1 Å². The summed E-state index contributed by atoms with van der Waals surface area (Å²) in [6, 6.07) is 15.1. The highest BCUT2D eigenvalue weighted by atomic mass is 16.5. The molecule has 1 aliphatic heterocycles. The van der Waals surface area contributed by atoms with Crippen molar-refractivity contribution in [2.75, 3.05) is 18.6 Å². The number of benzene rings is 2. The Morgan fingerprint density at radius 2 is 2.11 bits per heavy atom. The standard InChI is InChI=1S/C22H23N3O3/c1-28-16-7-4-6-15(12-16)13-23-21(26)14-25-20-11-3-2-9-19(20)24-18-10-5-8-17(18)22(25)27/h2-4,6-7,9,11-12,17H,5,8,10,13-14H2,1H3,(H,23,26). The van der Waals surface area contributed by atoms with Crippen LogP contribution in [0.15, 0.2) is 53.5 Å². The van der Waals surface area contributed by atoms with Gasteiger partial charge in [-0.3, -0.25) is 14.6 Å². The van der Waals surface area contributed by atoms with E-state index in [4.69, 9.17) is 9.73 Å². The van der Waals surface area contributed by atoms with Gasteiger partial charge in [0.05, 0.1) is 24.4 Å². The van der Waals surface area contributed by atoms with E-state index >= 15 is 0 Å². The molecule has 0 saturated heterocycles. The molecule has 1 fully saturated rings. The summed E-state index contributed by atoms with van der Waals surface area (Å²) in [7, 11) is 1.61. The normalized spacial score (nSPS) is 18.0. The Morgan fingerprint density at radius 3 is 2.96 bits per heavy atom. The monoisotopic (exact) mass is 377 g/mol. The zero-order valence-electron chi connectivity index (χ0n) is 15.9. The first-order valence-electron chi connectivity index (χ1n) is 9.53. The predicted octanol–water partition coefficient (Wildman–Crippen LogP) is 3.23. The van der Waals surface area contributed by atoms with Crippen LogP contribution in [-0.2, 0) is 16.1 Å². The molecule has 2 aromatic rings. The average Bonchev–Trinajstić information content (AvgIpc) is 3.15. The van der Waals surface area contributed by atoms with Crippen molar-refractivity contribution in [3.8, 4) is 5.75 Å². The predicted molar refractivity (Wildman–Crippen MR) is 108 cm³/mol. The minimum absolute atomic E-state index is 0.0148. The molecule has 4 rings (SSSR count). The Balaban J connectivity index is 1.50. The third-order valence-electron chi connectivity index (χ3n) is 5.25. The van der Waals surface area contributed by atoms with Crippen molar-refractivity contribution >= 4 is 28.9 Å². The van der Waals surface area contributed by atoms with E-state index in [-0.39, 0.29) is 24.3 Å². The third-order valence-corrected chi connectivity index (χ3v) is 5.25. The zero-order valence-corrected chi connectivity index (χ0v) is 15.9. The Hall–Kier alpha value is -3.15. The summed E-state index contributed by atoms with van der Waals surface area (Å²) in [6.45, 7) is 0.365. The van der Waals surface area contributed by atoms with Gasteiger partial charge in [-0.15, -0.1) is 0 Å². The number of rotatable bonds is 5. The lowest BCUT2D eigenvalue weighted by molar-refractivity contribution is -0.124. The summed E-state index contributed by atoms with van der Waals surface area (Å²) in [4.78, 5) is 32.1. The van der Waals surface area contributed by atoms with Crippen LogP contribution in [0, 0.1) is 5.92 Å². The van der Waals surface area contributed by atoms with Crippen LogP contribution in [0.4, 0.5) is 11.4 Å². The molecule has 144 valence electrons. The van der Waals surface area contributed by atoms with E-state index in [0.717, 1.165) is 42.0 Å². The van der Waals surface area contributed by atoms with Crippen molar-refractivity contribution in [1.82, 2.24) is 5.32 Å². The molecule has 6 nitrogen and oxygen atoms in total. The maximum atomic E-state index is 13.1. The summed E-state index contributed by atoms with van der Waals surface area (Å²) in [5.41, 5.74) is 3.34. The van der Waals surface area contributed by atoms with Gasteiger partial charge >= 0.3 is 0 Å². The summed E-state index contributed by atoms with van der Waals surface area (Å²) in [6.07, 6.45) is 2.61. The van der Waals surface area contributed by atoms with Gasteiger partial charge in [0.2, 0.25) is 11.8 Å². The number of methoxy groups -OCH3 is 1. The minimum Gasteiger partial charge on any atom is -0.497 e. The molecule has 1 saturated carbocycles. The van der Waals surface area contributed by atoms with Crippen molar-refractivity contribution < 1.29 is 14.3 Å². The second kappa shape index (κ2) is 7.84. The molecule has 0 spiro atoms. The first-order valence-corrected chi connectivity index (χ1v) is 9.53. The lowest BCUT2D eigenvalue weighted by atomic mass is 10.1. The van der Waals surface area contributed by atoms with E-state index in [0.29, 0.717) is 12.2 Å². The smallest absolute Gasteiger partial charge is 0.240 e. The molecule has 0 aromatic heterocycles. The van der Waals surface area contributed by atoms with Gasteiger partial charge < -0.3 is 15.0 Å². The van der Waals surface area contributed by atoms with Crippen molar-refractivity contribution in [1.29, 1.82) is 0 Å². The molecule has 0 bridgehead atoms. The highest BCUT2D eigenvalue weighted by Crippen LogP contribution is 2.37. The number of nitrogens with zero attached hydrogens (tertiary/aromatic N) is 2. The third kappa shape index (κ3) is 3.63. The number of ether oxygens (including phenoxy) is 1. The van der Waals surface area contributed by atoms with Gasteiger partial charge in [0.25, 0.3) is 0 Å². The van der Waals surface area contributed by atoms with Gasteiger partial charge in [-0.25, -0.2) is 0 Å². The largest absolute Gasteiger partial charge is 0.497 e. The number of nitrogens with one attached hydrogen (secondary N) is 1. The number of aliphatic imine (C=N–C) groups is 1. The van der Waals surface area contributed by atoms with Crippen molar-refractivity contribution in [2.45, 2.75) is 25.8 Å². The molecule has 2 amide bonds. The summed E-state index contributed by atoms with van der Waals surface area (Å²) < 4.78 is 5.21. The molecule has 2 aliphatic rings. The number of hydrogen-bond acceptors (Lipinski definition) is 4. The highest BCUT2D eigenvalue weighted by molar-refractivity contribution is 6.16. The fourth-order valence-corrected chi connectivity index (χ4v) is 3.82. The van der Waals surface area contributed by atoms with Crippen molar-refractivity contribution in [3.05, 3.63) is 54.1 Å². The van der Waals surface area contributed by atoms with Crippen LogP contribution in [-0.4, -0.2) is 31.2 Å². The Morgan fingerprint density at radius 1 is 1.25 bits per heavy atom. The number of amides is 2. The van der Waals surface area contributed by atoms with Gasteiger partial charge in [0.15, 0.2) is 0 Å². The van der Waals surface area contributed by atoms with Gasteiger partial charge in [0.1, 0.15) is 12.3 Å². The first-order chi connectivity index (χ1) is 13.7. The fourth-order valence-electron chi connectivity index (χ4n) is 3.82. The molecular formula is C22H23N3O3. The van der Waals surface area contributed by atoms with E-state index < -0.39 is 0 Å². The number of carbonyl (C=O) groups excluding carboxylic acids is 2. The maximum absolute atomic E-state index is 13.1. The molecule has 1 heterocycles. The van der Waals surface area contributed by atoms with Crippen LogP contribution < -0.4 is 15.0 Å².